The summed E-state index contributed by atoms with van der Waals surface area (Å²) in [5, 5.41) is 0. The summed E-state index contributed by atoms with van der Waals surface area (Å²) in [5.41, 5.74) is 6.30. The van der Waals surface area contributed by atoms with Crippen LogP contribution in [-0.4, -0.2) is 26.0 Å². The monoisotopic (exact) mass is 286 g/mol. The van der Waals surface area contributed by atoms with Crippen LogP contribution in [0.25, 0.3) is 0 Å². The Hall–Kier alpha value is -0.720. The predicted octanol–water partition coefficient (Wildman–Crippen LogP) is 1.69. The van der Waals surface area contributed by atoms with E-state index in [1.54, 1.807) is 0 Å². The van der Waals surface area contributed by atoms with Crippen LogP contribution < -0.4 is 10.5 Å². The fourth-order valence-corrected chi connectivity index (χ4v) is 4.29. The van der Waals surface area contributed by atoms with Crippen molar-refractivity contribution in [1.29, 1.82) is 0 Å². The van der Waals surface area contributed by atoms with Crippen molar-refractivity contribution in [1.82, 2.24) is 4.72 Å². The van der Waals surface area contributed by atoms with Gasteiger partial charge in [-0.15, -0.1) is 11.8 Å². The van der Waals surface area contributed by atoms with E-state index in [4.69, 9.17) is 5.73 Å². The first-order chi connectivity index (χ1) is 8.46. The zero-order valence-corrected chi connectivity index (χ0v) is 11.9. The van der Waals surface area contributed by atoms with Gasteiger partial charge in [0.2, 0.25) is 10.0 Å². The minimum absolute atomic E-state index is 0.158. The summed E-state index contributed by atoms with van der Waals surface area (Å²) in [4.78, 5) is 1.04. The Morgan fingerprint density at radius 2 is 2.00 bits per heavy atom. The molecule has 0 heterocycles. The SMILES string of the molecule is CC1CC1NS(=O)(=O)CCSc1ccc(N)cc1. The van der Waals surface area contributed by atoms with Crippen LogP contribution in [0.2, 0.25) is 0 Å². The number of nitrogen functional groups attached to an aromatic ring is 1. The topological polar surface area (TPSA) is 72.2 Å². The van der Waals surface area contributed by atoms with E-state index in [1.165, 1.54) is 11.8 Å². The van der Waals surface area contributed by atoms with Crippen LogP contribution >= 0.6 is 11.8 Å². The number of anilines is 1. The molecule has 0 radical (unpaired) electrons. The molecule has 18 heavy (non-hydrogen) atoms. The van der Waals surface area contributed by atoms with Gasteiger partial charge in [-0.1, -0.05) is 6.92 Å². The normalized spacial score (nSPS) is 22.9. The van der Waals surface area contributed by atoms with Crippen LogP contribution in [0.5, 0.6) is 0 Å². The number of nitrogens with two attached hydrogens (primary N) is 1. The highest BCUT2D eigenvalue weighted by atomic mass is 32.2. The Bertz CT molecular complexity index is 499. The first kappa shape index (κ1) is 13.7. The van der Waals surface area contributed by atoms with Crippen molar-refractivity contribution in [2.24, 2.45) is 5.92 Å². The summed E-state index contributed by atoms with van der Waals surface area (Å²) in [7, 11) is -3.13. The minimum Gasteiger partial charge on any atom is -0.399 e. The van der Waals surface area contributed by atoms with Crippen LogP contribution in [-0.2, 0) is 10.0 Å². The molecule has 0 amide bonds. The molecule has 0 aromatic heterocycles. The molecule has 1 saturated carbocycles. The zero-order valence-electron chi connectivity index (χ0n) is 10.3. The molecule has 0 bridgehead atoms. The average molecular weight is 286 g/mol. The third-order valence-electron chi connectivity index (χ3n) is 2.94. The second-order valence-electron chi connectivity index (χ2n) is 4.67. The summed E-state index contributed by atoms with van der Waals surface area (Å²) in [6, 6.07) is 7.62. The van der Waals surface area contributed by atoms with Gasteiger partial charge in [0.05, 0.1) is 5.75 Å². The lowest BCUT2D eigenvalue weighted by molar-refractivity contribution is 0.580. The Morgan fingerprint density at radius 1 is 1.39 bits per heavy atom. The average Bonchev–Trinajstić information content (AvgIpc) is 2.96. The van der Waals surface area contributed by atoms with Gasteiger partial charge in [0.15, 0.2) is 0 Å². The highest BCUT2D eigenvalue weighted by Gasteiger charge is 2.35. The van der Waals surface area contributed by atoms with E-state index in [2.05, 4.69) is 11.6 Å². The number of sulfonamides is 1. The molecule has 4 nitrogen and oxygen atoms in total. The molecule has 6 heteroatoms. The van der Waals surface area contributed by atoms with E-state index in [0.717, 1.165) is 17.0 Å². The number of thioether (sulfide) groups is 1. The van der Waals surface area contributed by atoms with E-state index in [-0.39, 0.29) is 11.8 Å². The van der Waals surface area contributed by atoms with E-state index in [9.17, 15) is 8.42 Å². The molecule has 2 rings (SSSR count). The molecular formula is C12H18N2O2S2. The fraction of sp³-hybridized carbons (Fsp3) is 0.500. The van der Waals surface area contributed by atoms with Gasteiger partial charge in [0.25, 0.3) is 0 Å². The number of hydrogen-bond donors (Lipinski definition) is 2. The zero-order chi connectivity index (χ0) is 13.2. The standard InChI is InChI=1S/C12H18N2O2S2/c1-9-8-12(9)14-18(15,16)7-6-17-11-4-2-10(13)3-5-11/h2-5,9,12,14H,6-8,13H2,1H3. The molecule has 1 fully saturated rings. The van der Waals surface area contributed by atoms with Crippen LogP contribution in [0.4, 0.5) is 5.69 Å². The molecule has 100 valence electrons. The van der Waals surface area contributed by atoms with Crippen molar-refractivity contribution in [3.63, 3.8) is 0 Å². The maximum absolute atomic E-state index is 11.7. The number of rotatable bonds is 6. The first-order valence-corrected chi connectivity index (χ1v) is 8.58. The highest BCUT2D eigenvalue weighted by Crippen LogP contribution is 2.29. The van der Waals surface area contributed by atoms with Gasteiger partial charge in [-0.2, -0.15) is 0 Å². The highest BCUT2D eigenvalue weighted by molar-refractivity contribution is 8.00. The summed E-state index contributed by atoms with van der Waals surface area (Å²) >= 11 is 1.53. The van der Waals surface area contributed by atoms with Gasteiger partial charge in [-0.05, 0) is 36.6 Å². The molecule has 0 aliphatic heterocycles. The van der Waals surface area contributed by atoms with E-state index < -0.39 is 10.0 Å². The molecule has 3 N–H and O–H groups in total. The van der Waals surface area contributed by atoms with E-state index in [0.29, 0.717) is 11.7 Å². The third-order valence-corrected chi connectivity index (χ3v) is 5.62. The lowest BCUT2D eigenvalue weighted by Gasteiger charge is -2.05. The molecule has 0 saturated heterocycles. The summed E-state index contributed by atoms with van der Waals surface area (Å²) in [5.74, 6) is 1.20. The lowest BCUT2D eigenvalue weighted by Crippen LogP contribution is -2.30. The fourth-order valence-electron chi connectivity index (χ4n) is 1.61. The summed E-state index contributed by atoms with van der Waals surface area (Å²) in [6.45, 7) is 2.05. The van der Waals surface area contributed by atoms with Crippen molar-refractivity contribution in [3.8, 4) is 0 Å². The minimum atomic E-state index is -3.13. The van der Waals surface area contributed by atoms with Crippen molar-refractivity contribution in [2.75, 3.05) is 17.2 Å². The van der Waals surface area contributed by atoms with Gasteiger partial charge >= 0.3 is 0 Å². The van der Waals surface area contributed by atoms with Crippen molar-refractivity contribution in [3.05, 3.63) is 24.3 Å². The Labute approximate surface area is 112 Å². The van der Waals surface area contributed by atoms with Crippen LogP contribution in [0, 0.1) is 5.92 Å². The smallest absolute Gasteiger partial charge is 0.212 e. The maximum Gasteiger partial charge on any atom is 0.212 e. The van der Waals surface area contributed by atoms with Crippen molar-refractivity contribution in [2.45, 2.75) is 24.3 Å². The molecule has 1 aromatic carbocycles. The summed E-state index contributed by atoms with van der Waals surface area (Å²) < 4.78 is 26.2. The van der Waals surface area contributed by atoms with Gasteiger partial charge in [0, 0.05) is 22.4 Å². The largest absolute Gasteiger partial charge is 0.399 e. The van der Waals surface area contributed by atoms with Gasteiger partial charge in [-0.3, -0.25) is 0 Å². The summed E-state index contributed by atoms with van der Waals surface area (Å²) in [6.07, 6.45) is 0.963. The van der Waals surface area contributed by atoms with Gasteiger partial charge < -0.3 is 5.73 Å². The molecule has 1 aromatic rings. The molecule has 2 atom stereocenters. The van der Waals surface area contributed by atoms with Gasteiger partial charge in [0.1, 0.15) is 0 Å². The Morgan fingerprint density at radius 3 is 2.56 bits per heavy atom. The first-order valence-electron chi connectivity index (χ1n) is 5.94. The van der Waals surface area contributed by atoms with Crippen LogP contribution in [0.1, 0.15) is 13.3 Å². The van der Waals surface area contributed by atoms with Crippen LogP contribution in [0.15, 0.2) is 29.2 Å². The second-order valence-corrected chi connectivity index (χ2v) is 7.72. The quantitative estimate of drug-likeness (QED) is 0.616. The Kier molecular flexibility index (Phi) is 4.19. The predicted molar refractivity (Wildman–Crippen MR) is 76.1 cm³/mol. The third kappa shape index (κ3) is 4.19. The van der Waals surface area contributed by atoms with Crippen molar-refractivity contribution >= 4 is 27.5 Å². The lowest BCUT2D eigenvalue weighted by atomic mass is 10.3. The molecule has 1 aliphatic rings. The molecular weight excluding hydrogens is 268 g/mol. The van der Waals surface area contributed by atoms with E-state index >= 15 is 0 Å². The molecule has 2 unspecified atom stereocenters. The Balaban J connectivity index is 1.76. The van der Waals surface area contributed by atoms with Crippen LogP contribution in [0.3, 0.4) is 0 Å². The second kappa shape index (κ2) is 5.50. The van der Waals surface area contributed by atoms with Gasteiger partial charge in [-0.25, -0.2) is 13.1 Å². The van der Waals surface area contributed by atoms with Crippen molar-refractivity contribution < 1.29 is 8.42 Å². The number of hydrogen-bond acceptors (Lipinski definition) is 4. The molecule has 1 aliphatic carbocycles. The molecule has 0 spiro atoms. The van der Waals surface area contributed by atoms with E-state index in [1.807, 2.05) is 24.3 Å². The number of benzene rings is 1. The maximum atomic E-state index is 11.7. The number of nitrogens with one attached hydrogen (secondary N) is 1.